The van der Waals surface area contributed by atoms with Crippen LogP contribution in [0, 0.1) is 0 Å². The Kier molecular flexibility index (Phi) is 3.92. The molecule has 0 amide bonds. The van der Waals surface area contributed by atoms with E-state index < -0.39 is 18.2 Å². The van der Waals surface area contributed by atoms with Gasteiger partial charge in [0.2, 0.25) is 0 Å². The standard InChI is InChI=1S/C13H20N4O4/c1-16-5-6-17(2)8(7-16)11-14-12(21-15-11)9-3-4-10(20-9)13(18)19/h8-10H,3-7H2,1-2H3,(H,18,19). The maximum absolute atomic E-state index is 10.9. The van der Waals surface area contributed by atoms with Crippen LogP contribution in [0.1, 0.15) is 36.7 Å². The van der Waals surface area contributed by atoms with Crippen molar-refractivity contribution in [3.63, 3.8) is 0 Å². The predicted molar refractivity (Wildman–Crippen MR) is 71.6 cm³/mol. The Morgan fingerprint density at radius 3 is 2.86 bits per heavy atom. The van der Waals surface area contributed by atoms with E-state index in [1.807, 2.05) is 7.05 Å². The fourth-order valence-corrected chi connectivity index (χ4v) is 2.80. The van der Waals surface area contributed by atoms with Crippen LogP contribution in [-0.2, 0) is 9.53 Å². The maximum atomic E-state index is 10.9. The summed E-state index contributed by atoms with van der Waals surface area (Å²) in [6.45, 7) is 2.81. The van der Waals surface area contributed by atoms with Gasteiger partial charge in [0.25, 0.3) is 5.89 Å². The van der Waals surface area contributed by atoms with Gasteiger partial charge >= 0.3 is 5.97 Å². The van der Waals surface area contributed by atoms with Crippen molar-refractivity contribution in [2.24, 2.45) is 0 Å². The van der Waals surface area contributed by atoms with E-state index >= 15 is 0 Å². The Morgan fingerprint density at radius 1 is 1.33 bits per heavy atom. The number of ether oxygens (including phenoxy) is 1. The van der Waals surface area contributed by atoms with Crippen molar-refractivity contribution in [2.75, 3.05) is 33.7 Å². The molecule has 1 aromatic heterocycles. The van der Waals surface area contributed by atoms with Gasteiger partial charge in [0.15, 0.2) is 11.9 Å². The number of carboxylic acids is 1. The lowest BCUT2D eigenvalue weighted by atomic mass is 10.1. The van der Waals surface area contributed by atoms with Crippen LogP contribution in [-0.4, -0.2) is 70.8 Å². The van der Waals surface area contributed by atoms with Crippen LogP contribution in [0.25, 0.3) is 0 Å². The molecule has 8 heteroatoms. The quantitative estimate of drug-likeness (QED) is 0.851. The van der Waals surface area contributed by atoms with E-state index in [2.05, 4.69) is 27.0 Å². The number of piperazine rings is 1. The van der Waals surface area contributed by atoms with Crippen LogP contribution in [0.15, 0.2) is 4.52 Å². The number of hydrogen-bond acceptors (Lipinski definition) is 7. The van der Waals surface area contributed by atoms with Gasteiger partial charge in [0.05, 0.1) is 6.04 Å². The van der Waals surface area contributed by atoms with Crippen molar-refractivity contribution in [1.82, 2.24) is 19.9 Å². The monoisotopic (exact) mass is 296 g/mol. The SMILES string of the molecule is CN1CCN(C)C(c2noc(C3CCC(C(=O)O)O3)n2)C1. The topological polar surface area (TPSA) is 91.9 Å². The van der Waals surface area contributed by atoms with Crippen molar-refractivity contribution >= 4 is 5.97 Å². The molecular weight excluding hydrogens is 276 g/mol. The van der Waals surface area contributed by atoms with Crippen LogP contribution in [0.5, 0.6) is 0 Å². The molecule has 0 saturated carbocycles. The number of aromatic nitrogens is 2. The lowest BCUT2D eigenvalue weighted by molar-refractivity contribution is -0.150. The molecule has 0 spiro atoms. The first-order valence-electron chi connectivity index (χ1n) is 7.15. The molecule has 3 atom stereocenters. The van der Waals surface area contributed by atoms with Crippen LogP contribution in [0.4, 0.5) is 0 Å². The number of likely N-dealkylation sites (N-methyl/N-ethyl adjacent to an activating group) is 2. The van der Waals surface area contributed by atoms with Gasteiger partial charge in [-0.1, -0.05) is 5.16 Å². The highest BCUT2D eigenvalue weighted by Gasteiger charge is 2.36. The van der Waals surface area contributed by atoms with Gasteiger partial charge in [0, 0.05) is 19.6 Å². The van der Waals surface area contributed by atoms with E-state index in [0.29, 0.717) is 24.6 Å². The molecule has 0 aromatic carbocycles. The summed E-state index contributed by atoms with van der Waals surface area (Å²) in [6, 6.07) is 0.0953. The Morgan fingerprint density at radius 2 is 2.14 bits per heavy atom. The first kappa shape index (κ1) is 14.4. The second kappa shape index (κ2) is 5.70. The third kappa shape index (κ3) is 2.92. The molecule has 3 heterocycles. The van der Waals surface area contributed by atoms with Gasteiger partial charge in [-0.2, -0.15) is 4.98 Å². The smallest absolute Gasteiger partial charge is 0.332 e. The van der Waals surface area contributed by atoms with Gasteiger partial charge in [0.1, 0.15) is 6.10 Å². The van der Waals surface area contributed by atoms with Gasteiger partial charge in [-0.3, -0.25) is 4.90 Å². The molecule has 2 aliphatic heterocycles. The highest BCUT2D eigenvalue weighted by atomic mass is 16.5. The molecule has 1 aromatic rings. The lowest BCUT2D eigenvalue weighted by Crippen LogP contribution is -2.45. The zero-order valence-electron chi connectivity index (χ0n) is 12.2. The van der Waals surface area contributed by atoms with E-state index in [4.69, 9.17) is 14.4 Å². The molecule has 2 fully saturated rings. The Balaban J connectivity index is 1.70. The van der Waals surface area contributed by atoms with E-state index in [1.165, 1.54) is 0 Å². The van der Waals surface area contributed by atoms with E-state index in [0.717, 1.165) is 19.6 Å². The van der Waals surface area contributed by atoms with Crippen LogP contribution >= 0.6 is 0 Å². The van der Waals surface area contributed by atoms with Crippen molar-refractivity contribution in [3.05, 3.63) is 11.7 Å². The van der Waals surface area contributed by atoms with E-state index in [9.17, 15) is 4.79 Å². The second-order valence-electron chi connectivity index (χ2n) is 5.78. The Labute approximate surface area is 122 Å². The minimum Gasteiger partial charge on any atom is -0.479 e. The van der Waals surface area contributed by atoms with Crippen molar-refractivity contribution < 1.29 is 19.2 Å². The van der Waals surface area contributed by atoms with Gasteiger partial charge in [-0.25, -0.2) is 4.79 Å². The number of carboxylic acid groups (broad SMARTS) is 1. The third-order valence-corrected chi connectivity index (χ3v) is 4.18. The summed E-state index contributed by atoms with van der Waals surface area (Å²) in [6.07, 6.45) is -0.101. The van der Waals surface area contributed by atoms with Crippen LogP contribution < -0.4 is 0 Å². The normalized spacial score (nSPS) is 31.6. The minimum absolute atomic E-state index is 0.0953. The summed E-state index contributed by atoms with van der Waals surface area (Å²) in [4.78, 5) is 19.8. The fourth-order valence-electron chi connectivity index (χ4n) is 2.80. The van der Waals surface area contributed by atoms with Crippen LogP contribution in [0.3, 0.4) is 0 Å². The molecule has 116 valence electrons. The van der Waals surface area contributed by atoms with Crippen molar-refractivity contribution in [2.45, 2.75) is 31.1 Å². The number of aliphatic carboxylic acids is 1. The molecular formula is C13H20N4O4. The zero-order valence-corrected chi connectivity index (χ0v) is 12.2. The van der Waals surface area contributed by atoms with Gasteiger partial charge < -0.3 is 19.3 Å². The van der Waals surface area contributed by atoms with E-state index in [1.54, 1.807) is 0 Å². The minimum atomic E-state index is -0.939. The number of hydrogen-bond donors (Lipinski definition) is 1. The number of nitrogens with zero attached hydrogens (tertiary/aromatic N) is 4. The molecule has 8 nitrogen and oxygen atoms in total. The molecule has 2 aliphatic rings. The molecule has 1 N–H and O–H groups in total. The highest BCUT2D eigenvalue weighted by Crippen LogP contribution is 2.32. The van der Waals surface area contributed by atoms with Crippen LogP contribution in [0.2, 0.25) is 0 Å². The summed E-state index contributed by atoms with van der Waals surface area (Å²) in [7, 11) is 4.11. The Bertz CT molecular complexity index is 520. The average Bonchev–Trinajstić information content (AvgIpc) is 3.09. The van der Waals surface area contributed by atoms with E-state index in [-0.39, 0.29) is 6.04 Å². The molecule has 3 unspecified atom stereocenters. The fraction of sp³-hybridized carbons (Fsp3) is 0.769. The molecule has 0 radical (unpaired) electrons. The summed E-state index contributed by atoms with van der Waals surface area (Å²) in [5.74, 6) is 0.0858. The summed E-state index contributed by atoms with van der Waals surface area (Å²) < 4.78 is 10.7. The average molecular weight is 296 g/mol. The molecule has 0 aliphatic carbocycles. The third-order valence-electron chi connectivity index (χ3n) is 4.18. The summed E-state index contributed by atoms with van der Waals surface area (Å²) >= 11 is 0. The zero-order chi connectivity index (χ0) is 15.0. The first-order valence-corrected chi connectivity index (χ1v) is 7.15. The van der Waals surface area contributed by atoms with Gasteiger partial charge in [-0.05, 0) is 26.9 Å². The second-order valence-corrected chi connectivity index (χ2v) is 5.78. The number of rotatable bonds is 3. The maximum Gasteiger partial charge on any atom is 0.332 e. The summed E-state index contributed by atoms with van der Waals surface area (Å²) in [5, 5.41) is 13.0. The van der Waals surface area contributed by atoms with Crippen molar-refractivity contribution in [3.8, 4) is 0 Å². The number of carbonyl (C=O) groups is 1. The first-order chi connectivity index (χ1) is 10.0. The summed E-state index contributed by atoms with van der Waals surface area (Å²) in [5.41, 5.74) is 0. The largest absolute Gasteiger partial charge is 0.479 e. The Hall–Kier alpha value is -1.51. The lowest BCUT2D eigenvalue weighted by Gasteiger charge is -2.35. The molecule has 3 rings (SSSR count). The van der Waals surface area contributed by atoms with Gasteiger partial charge in [-0.15, -0.1) is 0 Å². The molecule has 21 heavy (non-hydrogen) atoms. The predicted octanol–water partition coefficient (Wildman–Crippen LogP) is 0.293. The molecule has 2 saturated heterocycles. The van der Waals surface area contributed by atoms with Crippen molar-refractivity contribution in [1.29, 1.82) is 0 Å². The molecule has 0 bridgehead atoms. The highest BCUT2D eigenvalue weighted by molar-refractivity contribution is 5.72.